The number of hydrogen-bond donors (Lipinski definition) is 3. The van der Waals surface area contributed by atoms with Crippen LogP contribution in [0.5, 0.6) is 0 Å². The maximum absolute atomic E-state index is 13.2. The number of halogens is 1. The number of carbonyl (C=O) groups is 1. The standard InChI is InChI=1S/C11H8FN5O3/c12-5-1-2-7-6(3-5)9(16-15-7)10-14-8(17-20-10)4-13-11(18)19/h1-3,13H,4H2,(H,15,16)(H,18,19). The monoisotopic (exact) mass is 277 g/mol. The van der Waals surface area contributed by atoms with Crippen LogP contribution < -0.4 is 5.32 Å². The Kier molecular flexibility index (Phi) is 2.78. The van der Waals surface area contributed by atoms with Gasteiger partial charge < -0.3 is 14.9 Å². The number of hydrogen-bond acceptors (Lipinski definition) is 5. The van der Waals surface area contributed by atoms with E-state index in [0.717, 1.165) is 0 Å². The Hall–Kier alpha value is -2.97. The summed E-state index contributed by atoms with van der Waals surface area (Å²) in [6.45, 7) is -0.0877. The molecule has 0 spiro atoms. The second-order valence-electron chi connectivity index (χ2n) is 3.94. The van der Waals surface area contributed by atoms with Crippen LogP contribution in [0.15, 0.2) is 22.7 Å². The fraction of sp³-hybridized carbons (Fsp3) is 0.0909. The topological polar surface area (TPSA) is 117 Å². The average Bonchev–Trinajstić information content (AvgIpc) is 3.01. The maximum Gasteiger partial charge on any atom is 0.405 e. The van der Waals surface area contributed by atoms with Crippen molar-refractivity contribution >= 4 is 17.0 Å². The van der Waals surface area contributed by atoms with Gasteiger partial charge in [0.05, 0.1) is 12.1 Å². The molecule has 0 radical (unpaired) electrons. The van der Waals surface area contributed by atoms with Gasteiger partial charge in [-0.15, -0.1) is 0 Å². The Morgan fingerprint density at radius 1 is 1.50 bits per heavy atom. The van der Waals surface area contributed by atoms with Gasteiger partial charge in [0.2, 0.25) is 0 Å². The summed E-state index contributed by atoms with van der Waals surface area (Å²) in [5.41, 5.74) is 0.943. The number of amides is 1. The van der Waals surface area contributed by atoms with Crippen LogP contribution in [0, 0.1) is 5.82 Å². The van der Waals surface area contributed by atoms with E-state index in [2.05, 4.69) is 25.7 Å². The van der Waals surface area contributed by atoms with E-state index in [0.29, 0.717) is 16.6 Å². The van der Waals surface area contributed by atoms with Gasteiger partial charge in [0.25, 0.3) is 5.89 Å². The van der Waals surface area contributed by atoms with E-state index in [-0.39, 0.29) is 18.3 Å². The third kappa shape index (κ3) is 2.16. The van der Waals surface area contributed by atoms with Gasteiger partial charge in [0.1, 0.15) is 5.82 Å². The minimum atomic E-state index is -1.19. The first-order chi connectivity index (χ1) is 9.63. The Morgan fingerprint density at radius 3 is 3.15 bits per heavy atom. The minimum absolute atomic E-state index is 0.0871. The van der Waals surface area contributed by atoms with E-state index in [1.165, 1.54) is 12.1 Å². The van der Waals surface area contributed by atoms with Crippen LogP contribution in [-0.2, 0) is 6.54 Å². The van der Waals surface area contributed by atoms with Gasteiger partial charge >= 0.3 is 6.09 Å². The SMILES string of the molecule is O=C(O)NCc1noc(-c2n[nH]c3ccc(F)cc23)n1. The Labute approximate surface area is 110 Å². The zero-order valence-electron chi connectivity index (χ0n) is 9.92. The predicted octanol–water partition coefficient (Wildman–Crippen LogP) is 1.52. The molecular weight excluding hydrogens is 269 g/mol. The van der Waals surface area contributed by atoms with Crippen molar-refractivity contribution in [3.63, 3.8) is 0 Å². The molecule has 2 heterocycles. The summed E-state index contributed by atoms with van der Waals surface area (Å²) < 4.78 is 18.2. The zero-order valence-corrected chi connectivity index (χ0v) is 9.92. The second kappa shape index (κ2) is 4.61. The van der Waals surface area contributed by atoms with Gasteiger partial charge in [-0.25, -0.2) is 9.18 Å². The molecule has 0 bridgehead atoms. The van der Waals surface area contributed by atoms with Gasteiger partial charge in [-0.3, -0.25) is 5.10 Å². The molecule has 102 valence electrons. The highest BCUT2D eigenvalue weighted by molar-refractivity contribution is 5.90. The van der Waals surface area contributed by atoms with Crippen molar-refractivity contribution in [2.24, 2.45) is 0 Å². The number of aromatic nitrogens is 4. The predicted molar refractivity (Wildman–Crippen MR) is 64.2 cm³/mol. The molecule has 3 rings (SSSR count). The lowest BCUT2D eigenvalue weighted by molar-refractivity contribution is 0.193. The lowest BCUT2D eigenvalue weighted by atomic mass is 10.2. The number of aromatic amines is 1. The Bertz CT molecular complexity index is 781. The molecule has 8 nitrogen and oxygen atoms in total. The molecule has 9 heteroatoms. The number of nitrogens with one attached hydrogen (secondary N) is 2. The van der Waals surface area contributed by atoms with Crippen molar-refractivity contribution in [1.29, 1.82) is 0 Å². The van der Waals surface area contributed by atoms with Crippen LogP contribution in [0.3, 0.4) is 0 Å². The normalized spacial score (nSPS) is 10.8. The van der Waals surface area contributed by atoms with Crippen LogP contribution in [0.4, 0.5) is 9.18 Å². The smallest absolute Gasteiger partial charge is 0.405 e. The first-order valence-corrected chi connectivity index (χ1v) is 5.57. The van der Waals surface area contributed by atoms with Gasteiger partial charge in [0.15, 0.2) is 11.5 Å². The van der Waals surface area contributed by atoms with E-state index in [4.69, 9.17) is 9.63 Å². The number of nitrogens with zero attached hydrogens (tertiary/aromatic N) is 3. The van der Waals surface area contributed by atoms with Crippen molar-refractivity contribution in [3.05, 3.63) is 29.8 Å². The maximum atomic E-state index is 13.2. The van der Waals surface area contributed by atoms with Crippen LogP contribution in [0.25, 0.3) is 22.5 Å². The summed E-state index contributed by atoms with van der Waals surface area (Å²) >= 11 is 0. The lowest BCUT2D eigenvalue weighted by Crippen LogP contribution is -2.20. The molecule has 1 amide bonds. The molecule has 1 aromatic carbocycles. The molecule has 0 aliphatic heterocycles. The Balaban J connectivity index is 1.95. The zero-order chi connectivity index (χ0) is 14.1. The average molecular weight is 277 g/mol. The van der Waals surface area contributed by atoms with Crippen LogP contribution in [0.2, 0.25) is 0 Å². The molecule has 0 saturated carbocycles. The quantitative estimate of drug-likeness (QED) is 0.668. The summed E-state index contributed by atoms with van der Waals surface area (Å²) in [6, 6.07) is 4.15. The first kappa shape index (κ1) is 12.1. The molecule has 3 N–H and O–H groups in total. The van der Waals surface area contributed by atoms with E-state index in [1.54, 1.807) is 6.07 Å². The number of rotatable bonds is 3. The van der Waals surface area contributed by atoms with Gasteiger partial charge in [-0.1, -0.05) is 5.16 Å². The molecule has 2 aromatic heterocycles. The van der Waals surface area contributed by atoms with Gasteiger partial charge in [-0.05, 0) is 18.2 Å². The third-order valence-electron chi connectivity index (χ3n) is 2.59. The third-order valence-corrected chi connectivity index (χ3v) is 2.59. The van der Waals surface area contributed by atoms with Crippen LogP contribution in [-0.4, -0.2) is 31.5 Å². The lowest BCUT2D eigenvalue weighted by Gasteiger charge is -1.92. The molecule has 3 aromatic rings. The van der Waals surface area contributed by atoms with E-state index in [9.17, 15) is 9.18 Å². The summed E-state index contributed by atoms with van der Waals surface area (Å²) in [5.74, 6) is -0.161. The van der Waals surface area contributed by atoms with Gasteiger partial charge in [-0.2, -0.15) is 10.1 Å². The highest BCUT2D eigenvalue weighted by Crippen LogP contribution is 2.25. The fourth-order valence-corrected chi connectivity index (χ4v) is 1.73. The largest absolute Gasteiger partial charge is 0.465 e. The molecule has 0 aliphatic carbocycles. The molecule has 0 atom stereocenters. The summed E-state index contributed by atoms with van der Waals surface area (Å²) in [6.07, 6.45) is -1.19. The van der Waals surface area contributed by atoms with E-state index in [1.807, 2.05) is 0 Å². The Morgan fingerprint density at radius 2 is 2.35 bits per heavy atom. The van der Waals surface area contributed by atoms with E-state index >= 15 is 0 Å². The van der Waals surface area contributed by atoms with E-state index < -0.39 is 11.9 Å². The molecular formula is C11H8FN5O3. The molecule has 0 unspecified atom stereocenters. The van der Waals surface area contributed by atoms with Gasteiger partial charge in [0, 0.05) is 5.39 Å². The molecule has 0 fully saturated rings. The summed E-state index contributed by atoms with van der Waals surface area (Å²) in [5, 5.41) is 21.4. The molecule has 20 heavy (non-hydrogen) atoms. The number of benzene rings is 1. The van der Waals surface area contributed by atoms with Crippen molar-refractivity contribution in [1.82, 2.24) is 25.7 Å². The summed E-state index contributed by atoms with van der Waals surface area (Å²) in [4.78, 5) is 14.4. The van der Waals surface area contributed by atoms with Crippen LogP contribution >= 0.6 is 0 Å². The first-order valence-electron chi connectivity index (χ1n) is 5.57. The van der Waals surface area contributed by atoms with Crippen molar-refractivity contribution in [2.45, 2.75) is 6.54 Å². The highest BCUT2D eigenvalue weighted by atomic mass is 19.1. The number of carboxylic acid groups (broad SMARTS) is 1. The van der Waals surface area contributed by atoms with Crippen molar-refractivity contribution < 1.29 is 18.8 Å². The number of H-pyrrole nitrogens is 1. The minimum Gasteiger partial charge on any atom is -0.465 e. The van der Waals surface area contributed by atoms with Crippen molar-refractivity contribution in [3.8, 4) is 11.6 Å². The molecule has 0 saturated heterocycles. The number of fused-ring (bicyclic) bond motifs is 1. The van der Waals surface area contributed by atoms with Crippen LogP contribution in [0.1, 0.15) is 5.82 Å². The summed E-state index contributed by atoms with van der Waals surface area (Å²) in [7, 11) is 0. The molecule has 0 aliphatic rings. The van der Waals surface area contributed by atoms with Crippen molar-refractivity contribution in [2.75, 3.05) is 0 Å². The second-order valence-corrected chi connectivity index (χ2v) is 3.94. The highest BCUT2D eigenvalue weighted by Gasteiger charge is 2.16. The fourth-order valence-electron chi connectivity index (χ4n) is 1.73.